The number of carbonyl (C=O) groups excluding carboxylic acids is 1. The summed E-state index contributed by atoms with van der Waals surface area (Å²) in [5.41, 5.74) is 1.55. The van der Waals surface area contributed by atoms with Crippen molar-refractivity contribution in [3.63, 3.8) is 0 Å². The zero-order chi connectivity index (χ0) is 23.2. The maximum atomic E-state index is 13.4. The number of ether oxygens (including phenoxy) is 1. The molecule has 1 aromatic rings. The first-order valence-corrected chi connectivity index (χ1v) is 11.6. The van der Waals surface area contributed by atoms with Crippen molar-refractivity contribution in [2.75, 3.05) is 19.7 Å². The smallest absolute Gasteiger partial charge is 0.404 e. The number of thioether (sulfide) groups is 1. The summed E-state index contributed by atoms with van der Waals surface area (Å²) < 4.78 is 32.3. The molecule has 31 heavy (non-hydrogen) atoms. The van der Waals surface area contributed by atoms with Gasteiger partial charge in [-0.3, -0.25) is 10.0 Å². The zero-order valence-corrected chi connectivity index (χ0v) is 18.9. The highest BCUT2D eigenvalue weighted by molar-refractivity contribution is 8.01. The number of carbonyl (C=O) groups is 2. The molecule has 10 nitrogen and oxygen atoms in total. The lowest BCUT2D eigenvalue weighted by molar-refractivity contribution is -0.134. The lowest BCUT2D eigenvalue weighted by atomic mass is 10.0. The van der Waals surface area contributed by atoms with E-state index < -0.39 is 38.1 Å². The van der Waals surface area contributed by atoms with Crippen molar-refractivity contribution < 1.29 is 33.1 Å². The molecule has 1 aliphatic rings. The molecular formula is C19H25N3O7S2. The average Bonchev–Trinajstić information content (AvgIpc) is 2.71. The van der Waals surface area contributed by atoms with E-state index >= 15 is 0 Å². The molecule has 2 atom stereocenters. The molecule has 0 bridgehead atoms. The number of amides is 2. The van der Waals surface area contributed by atoms with Gasteiger partial charge in [0.05, 0.1) is 4.90 Å². The Morgan fingerprint density at radius 3 is 2.52 bits per heavy atom. The largest absolute Gasteiger partial charge is 0.481 e. The van der Waals surface area contributed by atoms with Gasteiger partial charge in [-0.15, -0.1) is 17.7 Å². The first-order valence-electron chi connectivity index (χ1n) is 9.25. The van der Waals surface area contributed by atoms with Gasteiger partial charge in [0.1, 0.15) is 18.4 Å². The Bertz CT molecular complexity index is 968. The normalized spacial score (nSPS) is 20.8. The molecule has 1 aliphatic heterocycles. The van der Waals surface area contributed by atoms with Gasteiger partial charge < -0.3 is 15.2 Å². The molecular weight excluding hydrogens is 446 g/mol. The van der Waals surface area contributed by atoms with Crippen molar-refractivity contribution >= 4 is 33.8 Å². The fourth-order valence-corrected chi connectivity index (χ4v) is 6.82. The Balaban J connectivity index is 2.38. The van der Waals surface area contributed by atoms with E-state index in [1.54, 1.807) is 26.3 Å². The predicted octanol–water partition coefficient (Wildman–Crippen LogP) is 1.12. The Morgan fingerprint density at radius 2 is 1.97 bits per heavy atom. The molecule has 1 saturated heterocycles. The number of hydroxylamine groups is 1. The van der Waals surface area contributed by atoms with Crippen LogP contribution < -0.4 is 15.5 Å². The molecule has 0 spiro atoms. The van der Waals surface area contributed by atoms with Crippen molar-refractivity contribution in [1.29, 1.82) is 0 Å². The number of hydrogen-bond donors (Lipinski definition) is 4. The van der Waals surface area contributed by atoms with Gasteiger partial charge in [-0.2, -0.15) is 4.31 Å². The second-order valence-corrected chi connectivity index (χ2v) is 11.0. The molecule has 0 radical (unpaired) electrons. The summed E-state index contributed by atoms with van der Waals surface area (Å²) >= 11 is 1.27. The number of sulfonamides is 1. The zero-order valence-electron chi connectivity index (χ0n) is 17.3. The van der Waals surface area contributed by atoms with Crippen LogP contribution in [0.2, 0.25) is 0 Å². The summed E-state index contributed by atoms with van der Waals surface area (Å²) in [6.45, 7) is 5.04. The second kappa shape index (κ2) is 10.2. The summed E-state index contributed by atoms with van der Waals surface area (Å²) in [6.07, 6.45) is -1.23. The van der Waals surface area contributed by atoms with Gasteiger partial charge in [0.2, 0.25) is 10.0 Å². The number of nitrogens with one attached hydrogen (secondary N) is 2. The summed E-state index contributed by atoms with van der Waals surface area (Å²) in [6, 6.07) is 4.47. The molecule has 0 saturated carbocycles. The van der Waals surface area contributed by atoms with Crippen LogP contribution in [0.25, 0.3) is 0 Å². The summed E-state index contributed by atoms with van der Waals surface area (Å²) in [4.78, 5) is 23.2. The summed E-state index contributed by atoms with van der Waals surface area (Å²) in [5.74, 6) is 4.98. The van der Waals surface area contributed by atoms with Gasteiger partial charge in [-0.25, -0.2) is 18.7 Å². The van der Waals surface area contributed by atoms with Gasteiger partial charge in [0, 0.05) is 23.1 Å². The summed E-state index contributed by atoms with van der Waals surface area (Å²) in [7, 11) is -4.16. The fraction of sp³-hybridized carbons (Fsp3) is 0.474. The number of nitrogens with zero attached hydrogens (tertiary/aromatic N) is 1. The number of hydrogen-bond acceptors (Lipinski definition) is 7. The van der Waals surface area contributed by atoms with E-state index in [0.717, 1.165) is 4.31 Å². The van der Waals surface area contributed by atoms with Gasteiger partial charge in [-0.05, 0) is 45.0 Å². The van der Waals surface area contributed by atoms with E-state index in [4.69, 9.17) is 9.84 Å². The minimum atomic E-state index is -4.16. The Kier molecular flexibility index (Phi) is 8.19. The maximum Gasteiger partial charge on any atom is 0.404 e. The van der Waals surface area contributed by atoms with Crippen molar-refractivity contribution in [2.45, 2.75) is 41.7 Å². The third-order valence-electron chi connectivity index (χ3n) is 4.56. The van der Waals surface area contributed by atoms with E-state index in [1.165, 1.54) is 36.0 Å². The van der Waals surface area contributed by atoms with Crippen LogP contribution in [0.5, 0.6) is 5.75 Å². The van der Waals surface area contributed by atoms with Crippen LogP contribution >= 0.6 is 11.8 Å². The van der Waals surface area contributed by atoms with E-state index in [9.17, 15) is 23.2 Å². The highest BCUT2D eigenvalue weighted by Gasteiger charge is 2.51. The van der Waals surface area contributed by atoms with Crippen LogP contribution in [0, 0.1) is 11.8 Å². The number of carboxylic acid groups (broad SMARTS) is 1. The SMILES string of the molecule is CC#CCOc1ccc(S(=O)(=O)N2C[C@@H](CNC(=O)O)SC(C)(C)[C@@H]2C(=O)NO)cc1. The minimum absolute atomic E-state index is 0.00580. The second-order valence-electron chi connectivity index (χ2n) is 7.17. The third-order valence-corrected chi connectivity index (χ3v) is 7.88. The van der Waals surface area contributed by atoms with Crippen LogP contribution in [0.15, 0.2) is 29.2 Å². The molecule has 1 fully saturated rings. The topological polar surface area (TPSA) is 145 Å². The van der Waals surface area contributed by atoms with E-state index in [1.807, 2.05) is 0 Å². The number of rotatable bonds is 7. The Hall–Kier alpha value is -2.46. The van der Waals surface area contributed by atoms with Crippen molar-refractivity contribution in [2.24, 2.45) is 0 Å². The first kappa shape index (κ1) is 24.8. The molecule has 2 rings (SSSR count). The predicted molar refractivity (Wildman–Crippen MR) is 114 cm³/mol. The lowest BCUT2D eigenvalue weighted by Gasteiger charge is -2.46. The highest BCUT2D eigenvalue weighted by atomic mass is 32.2. The van der Waals surface area contributed by atoms with Crippen molar-refractivity contribution in [3.8, 4) is 17.6 Å². The van der Waals surface area contributed by atoms with Gasteiger partial charge in [-0.1, -0.05) is 5.92 Å². The van der Waals surface area contributed by atoms with Crippen LogP contribution in [0.1, 0.15) is 20.8 Å². The summed E-state index contributed by atoms with van der Waals surface area (Å²) in [5, 5.41) is 19.9. The molecule has 4 N–H and O–H groups in total. The first-order chi connectivity index (χ1) is 14.5. The van der Waals surface area contributed by atoms with E-state index in [2.05, 4.69) is 17.2 Å². The Labute approximate surface area is 185 Å². The van der Waals surface area contributed by atoms with Gasteiger partial charge in [0.25, 0.3) is 5.91 Å². The molecule has 0 aromatic heterocycles. The van der Waals surface area contributed by atoms with Crippen LogP contribution in [0.3, 0.4) is 0 Å². The van der Waals surface area contributed by atoms with E-state index in [0.29, 0.717) is 5.75 Å². The minimum Gasteiger partial charge on any atom is -0.481 e. The van der Waals surface area contributed by atoms with Crippen LogP contribution in [0.4, 0.5) is 4.79 Å². The lowest BCUT2D eigenvalue weighted by Crippen LogP contribution is -2.63. The van der Waals surface area contributed by atoms with Crippen molar-refractivity contribution in [1.82, 2.24) is 15.1 Å². The average molecular weight is 472 g/mol. The molecule has 0 unspecified atom stereocenters. The standard InChI is InChI=1S/C19H25N3O7S2/c1-4-5-10-29-13-6-8-15(9-7-13)31(27,28)22-12-14(11-20-18(24)25)30-19(2,3)16(22)17(23)21-26/h6-9,14,16,20,26H,10-12H2,1-3H3,(H,21,23)(H,24,25)/t14-,16+/m1/s1. The van der Waals surface area contributed by atoms with Crippen LogP contribution in [-0.2, 0) is 14.8 Å². The molecule has 0 aliphatic carbocycles. The fourth-order valence-electron chi connectivity index (χ4n) is 3.27. The van der Waals surface area contributed by atoms with Crippen molar-refractivity contribution in [3.05, 3.63) is 24.3 Å². The highest BCUT2D eigenvalue weighted by Crippen LogP contribution is 2.42. The molecule has 2 amide bonds. The van der Waals surface area contributed by atoms with Gasteiger partial charge >= 0.3 is 6.09 Å². The monoisotopic (exact) mass is 471 g/mol. The Morgan fingerprint density at radius 1 is 1.32 bits per heavy atom. The molecule has 170 valence electrons. The third kappa shape index (κ3) is 6.04. The number of benzene rings is 1. The van der Waals surface area contributed by atoms with Gasteiger partial charge in [0.15, 0.2) is 0 Å². The molecule has 12 heteroatoms. The van der Waals surface area contributed by atoms with Crippen LogP contribution in [-0.4, -0.2) is 70.8 Å². The molecule has 1 heterocycles. The van der Waals surface area contributed by atoms with E-state index in [-0.39, 0.29) is 24.6 Å². The maximum absolute atomic E-state index is 13.4. The quantitative estimate of drug-likeness (QED) is 0.263. The molecule has 1 aromatic carbocycles.